The second-order valence-electron chi connectivity index (χ2n) is 6.38. The maximum absolute atomic E-state index is 12.4. The van der Waals surface area contributed by atoms with Gasteiger partial charge >= 0.3 is 6.01 Å². The molecule has 7 nitrogen and oxygen atoms in total. The Hall–Kier alpha value is -3.61. The van der Waals surface area contributed by atoms with E-state index in [4.69, 9.17) is 13.6 Å². The van der Waals surface area contributed by atoms with Crippen molar-refractivity contribution < 1.29 is 18.4 Å². The average Bonchev–Trinajstić information content (AvgIpc) is 3.31. The van der Waals surface area contributed by atoms with Gasteiger partial charge in [0.1, 0.15) is 0 Å². The van der Waals surface area contributed by atoms with Gasteiger partial charge in [0.15, 0.2) is 17.1 Å². The van der Waals surface area contributed by atoms with E-state index >= 15 is 0 Å². The van der Waals surface area contributed by atoms with Crippen molar-refractivity contribution in [2.24, 2.45) is 0 Å². The van der Waals surface area contributed by atoms with Crippen molar-refractivity contribution in [3.8, 4) is 17.4 Å². The van der Waals surface area contributed by atoms with Crippen LogP contribution in [0.15, 0.2) is 51.3 Å². The van der Waals surface area contributed by atoms with Crippen molar-refractivity contribution in [3.05, 3.63) is 59.2 Å². The number of ether oxygens (including phenoxy) is 1. The molecule has 2 heterocycles. The number of furan rings is 1. The number of aromatic nitrogens is 2. The minimum Gasteiger partial charge on any atom is -0.490 e. The van der Waals surface area contributed by atoms with E-state index in [2.05, 4.69) is 15.5 Å². The molecule has 0 aliphatic carbocycles. The van der Waals surface area contributed by atoms with E-state index in [0.29, 0.717) is 29.3 Å². The monoisotopic (exact) mass is 377 g/mol. The first-order valence-electron chi connectivity index (χ1n) is 8.93. The highest BCUT2D eigenvalue weighted by molar-refractivity contribution is 6.03. The lowest BCUT2D eigenvalue weighted by Gasteiger charge is -2.04. The third-order valence-electron chi connectivity index (χ3n) is 4.43. The number of carbonyl (C=O) groups is 1. The molecular formula is C21H19N3O4. The Kier molecular flexibility index (Phi) is 4.57. The zero-order chi connectivity index (χ0) is 19.7. The third kappa shape index (κ3) is 3.34. The van der Waals surface area contributed by atoms with Crippen LogP contribution in [-0.4, -0.2) is 22.7 Å². The summed E-state index contributed by atoms with van der Waals surface area (Å²) in [6, 6.07) is 12.9. The van der Waals surface area contributed by atoms with Crippen molar-refractivity contribution in [1.29, 1.82) is 0 Å². The smallest absolute Gasteiger partial charge is 0.322 e. The first-order valence-corrected chi connectivity index (χ1v) is 8.93. The Balaban J connectivity index is 1.57. The van der Waals surface area contributed by atoms with Gasteiger partial charge in [-0.05, 0) is 56.2 Å². The number of para-hydroxylation sites is 1. The van der Waals surface area contributed by atoms with Gasteiger partial charge in [0, 0.05) is 10.9 Å². The fourth-order valence-corrected chi connectivity index (χ4v) is 2.84. The molecule has 0 saturated heterocycles. The quantitative estimate of drug-likeness (QED) is 0.540. The second kappa shape index (κ2) is 7.19. The van der Waals surface area contributed by atoms with Crippen LogP contribution in [0.5, 0.6) is 5.75 Å². The molecule has 1 amide bonds. The number of nitrogens with zero attached hydrogens (tertiary/aromatic N) is 2. The van der Waals surface area contributed by atoms with Crippen LogP contribution in [0.25, 0.3) is 22.6 Å². The van der Waals surface area contributed by atoms with Crippen molar-refractivity contribution in [2.75, 3.05) is 11.9 Å². The lowest BCUT2D eigenvalue weighted by Crippen LogP contribution is -2.12. The molecule has 0 bridgehead atoms. The van der Waals surface area contributed by atoms with Gasteiger partial charge in [0.25, 0.3) is 11.8 Å². The summed E-state index contributed by atoms with van der Waals surface area (Å²) >= 11 is 0. The Morgan fingerprint density at radius 2 is 1.93 bits per heavy atom. The molecule has 0 radical (unpaired) electrons. The van der Waals surface area contributed by atoms with Crippen LogP contribution < -0.4 is 10.1 Å². The molecule has 28 heavy (non-hydrogen) atoms. The van der Waals surface area contributed by atoms with Crippen molar-refractivity contribution >= 4 is 22.9 Å². The molecule has 0 aliphatic rings. The van der Waals surface area contributed by atoms with Gasteiger partial charge in [-0.25, -0.2) is 0 Å². The van der Waals surface area contributed by atoms with Crippen LogP contribution in [0, 0.1) is 13.8 Å². The summed E-state index contributed by atoms with van der Waals surface area (Å²) in [4.78, 5) is 12.4. The zero-order valence-corrected chi connectivity index (χ0v) is 15.8. The van der Waals surface area contributed by atoms with Crippen LogP contribution in [0.1, 0.15) is 28.4 Å². The maximum Gasteiger partial charge on any atom is 0.322 e. The second-order valence-corrected chi connectivity index (χ2v) is 6.38. The number of carbonyl (C=O) groups excluding carboxylic acids is 1. The average molecular weight is 377 g/mol. The molecular weight excluding hydrogens is 358 g/mol. The van der Waals surface area contributed by atoms with Crippen LogP contribution in [0.2, 0.25) is 0 Å². The summed E-state index contributed by atoms with van der Waals surface area (Å²) in [7, 11) is 0. The number of nitrogens with one attached hydrogen (secondary N) is 1. The number of anilines is 1. The summed E-state index contributed by atoms with van der Waals surface area (Å²) < 4.78 is 17.0. The largest absolute Gasteiger partial charge is 0.490 e. The van der Waals surface area contributed by atoms with Crippen LogP contribution in [0.4, 0.5) is 6.01 Å². The van der Waals surface area contributed by atoms with Gasteiger partial charge < -0.3 is 13.6 Å². The van der Waals surface area contributed by atoms with Gasteiger partial charge in [-0.1, -0.05) is 23.3 Å². The van der Waals surface area contributed by atoms with E-state index in [0.717, 1.165) is 16.5 Å². The van der Waals surface area contributed by atoms with Crippen molar-refractivity contribution in [3.63, 3.8) is 0 Å². The lowest BCUT2D eigenvalue weighted by atomic mass is 10.1. The zero-order valence-electron chi connectivity index (χ0n) is 15.8. The molecule has 0 atom stereocenters. The first-order chi connectivity index (χ1) is 13.5. The highest BCUT2D eigenvalue weighted by Gasteiger charge is 2.17. The standard InChI is InChI=1S/C21H19N3O4/c1-4-26-16-7-5-6-14-11-17(27-18(14)16)20-23-24-21(28-20)22-19(25)15-9-8-12(2)13(3)10-15/h5-11H,4H2,1-3H3,(H,22,24,25). The normalized spacial score (nSPS) is 11.0. The molecule has 2 aromatic carbocycles. The van der Waals surface area contributed by atoms with Gasteiger partial charge in [-0.3, -0.25) is 10.1 Å². The molecule has 4 rings (SSSR count). The number of benzene rings is 2. The Morgan fingerprint density at radius 1 is 1.07 bits per heavy atom. The number of hydrogen-bond acceptors (Lipinski definition) is 6. The molecule has 0 aliphatic heterocycles. The summed E-state index contributed by atoms with van der Waals surface area (Å²) in [6.45, 7) is 6.39. The van der Waals surface area contributed by atoms with E-state index in [1.165, 1.54) is 0 Å². The van der Waals surface area contributed by atoms with Gasteiger partial charge in [0.05, 0.1) is 6.61 Å². The van der Waals surface area contributed by atoms with E-state index < -0.39 is 0 Å². The van der Waals surface area contributed by atoms with Gasteiger partial charge in [-0.2, -0.15) is 0 Å². The molecule has 142 valence electrons. The van der Waals surface area contributed by atoms with E-state index in [1.54, 1.807) is 12.1 Å². The number of aryl methyl sites for hydroxylation is 2. The summed E-state index contributed by atoms with van der Waals surface area (Å²) in [5.74, 6) is 0.908. The predicted octanol–water partition coefficient (Wildman–Crippen LogP) is 4.75. The van der Waals surface area contributed by atoms with Crippen LogP contribution >= 0.6 is 0 Å². The summed E-state index contributed by atoms with van der Waals surface area (Å²) in [5, 5.41) is 11.3. The third-order valence-corrected chi connectivity index (χ3v) is 4.43. The first kappa shape index (κ1) is 17.8. The van der Waals surface area contributed by atoms with Crippen molar-refractivity contribution in [2.45, 2.75) is 20.8 Å². The topological polar surface area (TPSA) is 90.4 Å². The maximum atomic E-state index is 12.4. The van der Waals surface area contributed by atoms with Crippen LogP contribution in [-0.2, 0) is 0 Å². The molecule has 0 unspecified atom stereocenters. The number of rotatable bonds is 5. The van der Waals surface area contributed by atoms with Crippen LogP contribution in [0.3, 0.4) is 0 Å². The van der Waals surface area contributed by atoms with Crippen molar-refractivity contribution in [1.82, 2.24) is 10.2 Å². The molecule has 0 fully saturated rings. The molecule has 2 aromatic heterocycles. The molecule has 0 spiro atoms. The Labute approximate surface area is 161 Å². The number of amides is 1. The van der Waals surface area contributed by atoms with E-state index in [9.17, 15) is 4.79 Å². The minimum atomic E-state index is -0.318. The highest BCUT2D eigenvalue weighted by Crippen LogP contribution is 2.33. The van der Waals surface area contributed by atoms with E-state index in [1.807, 2.05) is 51.1 Å². The molecule has 1 N–H and O–H groups in total. The minimum absolute atomic E-state index is 0.00344. The molecule has 4 aromatic rings. The fraction of sp³-hybridized carbons (Fsp3) is 0.190. The summed E-state index contributed by atoms with van der Waals surface area (Å²) in [5.41, 5.74) is 3.28. The lowest BCUT2D eigenvalue weighted by molar-refractivity contribution is 0.102. The Morgan fingerprint density at radius 3 is 2.71 bits per heavy atom. The Bertz CT molecular complexity index is 1160. The predicted molar refractivity (Wildman–Crippen MR) is 105 cm³/mol. The molecule has 7 heteroatoms. The molecule has 0 saturated carbocycles. The SMILES string of the molecule is CCOc1cccc2cc(-c3nnc(NC(=O)c4ccc(C)c(C)c4)o3)oc12. The highest BCUT2D eigenvalue weighted by atomic mass is 16.5. The summed E-state index contributed by atoms with van der Waals surface area (Å²) in [6.07, 6.45) is 0. The van der Waals surface area contributed by atoms with Gasteiger partial charge in [-0.15, -0.1) is 5.10 Å². The fourth-order valence-electron chi connectivity index (χ4n) is 2.84. The van der Waals surface area contributed by atoms with Gasteiger partial charge in [0.2, 0.25) is 0 Å². The number of hydrogen-bond donors (Lipinski definition) is 1. The van der Waals surface area contributed by atoms with E-state index in [-0.39, 0.29) is 17.8 Å². The number of fused-ring (bicyclic) bond motifs is 1.